The molecule has 1 aliphatic heterocycles. The van der Waals surface area contributed by atoms with Crippen molar-refractivity contribution in [2.45, 2.75) is 31.9 Å². The summed E-state index contributed by atoms with van der Waals surface area (Å²) in [5.74, 6) is -0.564. The van der Waals surface area contributed by atoms with E-state index in [-0.39, 0.29) is 37.7 Å². The fourth-order valence-corrected chi connectivity index (χ4v) is 4.12. The summed E-state index contributed by atoms with van der Waals surface area (Å²) in [6, 6.07) is 24.0. The summed E-state index contributed by atoms with van der Waals surface area (Å²) >= 11 is 0. The van der Waals surface area contributed by atoms with Crippen LogP contribution in [0.2, 0.25) is 0 Å². The molecule has 0 radical (unpaired) electrons. The van der Waals surface area contributed by atoms with Gasteiger partial charge in [0.2, 0.25) is 12.3 Å². The lowest BCUT2D eigenvalue weighted by molar-refractivity contribution is -0.125. The second kappa shape index (κ2) is 9.73. The van der Waals surface area contributed by atoms with E-state index in [0.717, 1.165) is 16.7 Å². The summed E-state index contributed by atoms with van der Waals surface area (Å²) < 4.78 is 24.9. The first-order valence-corrected chi connectivity index (χ1v) is 10.7. The van der Waals surface area contributed by atoms with Crippen LogP contribution in [0.25, 0.3) is 11.1 Å². The smallest absolute Gasteiger partial charge is 0.255 e. The fraction of sp³-hybridized carbons (Fsp3) is 0.231. The van der Waals surface area contributed by atoms with Gasteiger partial charge in [0.1, 0.15) is 6.04 Å². The summed E-state index contributed by atoms with van der Waals surface area (Å²) in [5, 5.41) is 2.74. The SMILES string of the molecule is O=C(NCCCC(F)F)C1c2ccccc2C(=O)N1Cc1ccccc1-c1ccccc1. The number of alkyl halides is 2. The van der Waals surface area contributed by atoms with Crippen LogP contribution in [0.5, 0.6) is 0 Å². The standard InChI is InChI=1S/C26H24F2N2O2/c27-23(28)15-8-16-29-25(31)24-21-13-6-7-14-22(21)26(32)30(24)17-19-11-4-5-12-20(19)18-9-2-1-3-10-18/h1-7,9-14,23-24H,8,15-17H2,(H,29,31). The fourth-order valence-electron chi connectivity index (χ4n) is 4.12. The molecule has 0 spiro atoms. The van der Waals surface area contributed by atoms with Gasteiger partial charge in [-0.25, -0.2) is 8.78 Å². The summed E-state index contributed by atoms with van der Waals surface area (Å²) in [5.41, 5.74) is 4.09. The highest BCUT2D eigenvalue weighted by atomic mass is 19.3. The minimum atomic E-state index is -2.40. The van der Waals surface area contributed by atoms with Crippen LogP contribution in [-0.2, 0) is 11.3 Å². The van der Waals surface area contributed by atoms with Crippen LogP contribution in [0.1, 0.15) is 40.4 Å². The average molecular weight is 434 g/mol. The van der Waals surface area contributed by atoms with Gasteiger partial charge in [-0.2, -0.15) is 0 Å². The van der Waals surface area contributed by atoms with Crippen LogP contribution in [0.4, 0.5) is 8.78 Å². The van der Waals surface area contributed by atoms with E-state index in [0.29, 0.717) is 11.1 Å². The highest BCUT2D eigenvalue weighted by Crippen LogP contribution is 2.36. The Morgan fingerprint density at radius 1 is 0.906 bits per heavy atom. The Hall–Kier alpha value is -3.54. The number of benzene rings is 3. The largest absolute Gasteiger partial charge is 0.354 e. The van der Waals surface area contributed by atoms with Crippen LogP contribution < -0.4 is 5.32 Å². The van der Waals surface area contributed by atoms with Gasteiger partial charge in [0.25, 0.3) is 5.91 Å². The molecular formula is C26H24F2N2O2. The number of rotatable bonds is 8. The number of fused-ring (bicyclic) bond motifs is 1. The second-order valence-electron chi connectivity index (χ2n) is 7.77. The minimum absolute atomic E-state index is 0.143. The van der Waals surface area contributed by atoms with E-state index in [1.54, 1.807) is 29.2 Å². The zero-order valence-corrected chi connectivity index (χ0v) is 17.5. The zero-order valence-electron chi connectivity index (χ0n) is 17.5. The zero-order chi connectivity index (χ0) is 22.5. The average Bonchev–Trinajstić information content (AvgIpc) is 3.09. The molecule has 0 bridgehead atoms. The summed E-state index contributed by atoms with van der Waals surface area (Å²) in [4.78, 5) is 27.9. The Balaban J connectivity index is 1.61. The van der Waals surface area contributed by atoms with Gasteiger partial charge in [-0.15, -0.1) is 0 Å². The summed E-state index contributed by atoms with van der Waals surface area (Å²) in [6.45, 7) is 0.401. The number of amides is 2. The maximum Gasteiger partial charge on any atom is 0.255 e. The van der Waals surface area contributed by atoms with Crippen LogP contribution >= 0.6 is 0 Å². The van der Waals surface area contributed by atoms with E-state index in [9.17, 15) is 18.4 Å². The molecule has 3 aromatic rings. The lowest BCUT2D eigenvalue weighted by atomic mass is 9.99. The van der Waals surface area contributed by atoms with Gasteiger partial charge < -0.3 is 10.2 Å². The molecule has 4 rings (SSSR count). The third-order valence-electron chi connectivity index (χ3n) is 5.65. The third-order valence-corrected chi connectivity index (χ3v) is 5.65. The molecule has 0 saturated carbocycles. The van der Waals surface area contributed by atoms with Crippen molar-refractivity contribution in [2.75, 3.05) is 6.54 Å². The number of hydrogen-bond acceptors (Lipinski definition) is 2. The number of halogens is 2. The number of carbonyl (C=O) groups is 2. The predicted molar refractivity (Wildman–Crippen MR) is 119 cm³/mol. The van der Waals surface area contributed by atoms with Crippen LogP contribution in [0.15, 0.2) is 78.9 Å². The molecule has 2 amide bonds. The van der Waals surface area contributed by atoms with E-state index in [1.165, 1.54) is 0 Å². The molecule has 0 aliphatic carbocycles. The number of hydrogen-bond donors (Lipinski definition) is 1. The van der Waals surface area contributed by atoms with Crippen molar-refractivity contribution < 1.29 is 18.4 Å². The highest BCUT2D eigenvalue weighted by molar-refractivity contribution is 6.04. The molecule has 0 saturated heterocycles. The van der Waals surface area contributed by atoms with E-state index < -0.39 is 12.5 Å². The van der Waals surface area contributed by atoms with Gasteiger partial charge in [0.15, 0.2) is 0 Å². The molecule has 1 N–H and O–H groups in total. The topological polar surface area (TPSA) is 49.4 Å². The molecule has 32 heavy (non-hydrogen) atoms. The molecule has 1 unspecified atom stereocenters. The van der Waals surface area contributed by atoms with E-state index in [2.05, 4.69) is 5.32 Å². The van der Waals surface area contributed by atoms with E-state index >= 15 is 0 Å². The van der Waals surface area contributed by atoms with Gasteiger partial charge in [0, 0.05) is 25.1 Å². The van der Waals surface area contributed by atoms with Gasteiger partial charge >= 0.3 is 0 Å². The van der Waals surface area contributed by atoms with Crippen molar-refractivity contribution in [1.82, 2.24) is 10.2 Å². The van der Waals surface area contributed by atoms with Crippen molar-refractivity contribution in [2.24, 2.45) is 0 Å². The monoisotopic (exact) mass is 434 g/mol. The van der Waals surface area contributed by atoms with Crippen molar-refractivity contribution in [3.8, 4) is 11.1 Å². The number of carbonyl (C=O) groups excluding carboxylic acids is 2. The van der Waals surface area contributed by atoms with E-state index in [1.807, 2.05) is 54.6 Å². The Labute approximate surface area is 185 Å². The molecule has 0 fully saturated rings. The van der Waals surface area contributed by atoms with E-state index in [4.69, 9.17) is 0 Å². The molecule has 1 atom stereocenters. The lowest BCUT2D eigenvalue weighted by Crippen LogP contribution is -2.39. The molecule has 0 aromatic heterocycles. The lowest BCUT2D eigenvalue weighted by Gasteiger charge is -2.26. The minimum Gasteiger partial charge on any atom is -0.354 e. The van der Waals surface area contributed by atoms with Gasteiger partial charge in [-0.1, -0.05) is 72.8 Å². The number of nitrogens with zero attached hydrogens (tertiary/aromatic N) is 1. The molecule has 3 aromatic carbocycles. The van der Waals surface area contributed by atoms with Gasteiger partial charge in [-0.3, -0.25) is 9.59 Å². The van der Waals surface area contributed by atoms with Crippen molar-refractivity contribution >= 4 is 11.8 Å². The third kappa shape index (κ3) is 4.54. The Morgan fingerprint density at radius 2 is 1.56 bits per heavy atom. The quantitative estimate of drug-likeness (QED) is 0.495. The highest BCUT2D eigenvalue weighted by Gasteiger charge is 2.40. The van der Waals surface area contributed by atoms with Crippen molar-refractivity contribution in [3.63, 3.8) is 0 Å². The van der Waals surface area contributed by atoms with Gasteiger partial charge in [0.05, 0.1) is 0 Å². The maximum absolute atomic E-state index is 13.2. The Kier molecular flexibility index (Phi) is 6.59. The summed E-state index contributed by atoms with van der Waals surface area (Å²) in [7, 11) is 0. The van der Waals surface area contributed by atoms with Gasteiger partial charge in [-0.05, 0) is 34.7 Å². The van der Waals surface area contributed by atoms with Crippen LogP contribution in [0, 0.1) is 0 Å². The number of nitrogens with one attached hydrogen (secondary N) is 1. The van der Waals surface area contributed by atoms with Crippen LogP contribution in [0.3, 0.4) is 0 Å². The molecule has 1 heterocycles. The second-order valence-corrected chi connectivity index (χ2v) is 7.77. The first-order chi connectivity index (χ1) is 15.6. The Bertz CT molecular complexity index is 1100. The molecular weight excluding hydrogens is 410 g/mol. The first kappa shape index (κ1) is 21.7. The summed E-state index contributed by atoms with van der Waals surface area (Å²) in [6.07, 6.45) is -2.48. The first-order valence-electron chi connectivity index (χ1n) is 10.7. The molecule has 6 heteroatoms. The Morgan fingerprint density at radius 3 is 2.31 bits per heavy atom. The maximum atomic E-state index is 13.2. The normalized spacial score (nSPS) is 15.2. The van der Waals surface area contributed by atoms with Crippen molar-refractivity contribution in [3.05, 3.63) is 95.6 Å². The predicted octanol–water partition coefficient (Wildman–Crippen LogP) is 5.21. The molecule has 1 aliphatic rings. The van der Waals surface area contributed by atoms with Crippen LogP contribution in [-0.4, -0.2) is 29.7 Å². The molecule has 4 nitrogen and oxygen atoms in total. The van der Waals surface area contributed by atoms with Crippen molar-refractivity contribution in [1.29, 1.82) is 0 Å². The molecule has 164 valence electrons.